The van der Waals surface area contributed by atoms with Gasteiger partial charge < -0.3 is 14.6 Å². The Hall–Kier alpha value is -2.93. The standard InChI is InChI=1S/C20H18BrN3O3/c21-17-6-1-5-16(10-17)20(26)23-12-19(25)24(14-18-7-3-9-27-18)13-15-4-2-8-22-11-15/h1-11H,12-14H2,(H,23,26). The third kappa shape index (κ3) is 5.52. The number of amides is 2. The van der Waals surface area contributed by atoms with E-state index >= 15 is 0 Å². The minimum atomic E-state index is -0.302. The lowest BCUT2D eigenvalue weighted by atomic mass is 10.2. The molecule has 0 aliphatic carbocycles. The molecule has 0 aliphatic heterocycles. The van der Waals surface area contributed by atoms with Gasteiger partial charge >= 0.3 is 0 Å². The lowest BCUT2D eigenvalue weighted by Gasteiger charge is -2.22. The van der Waals surface area contributed by atoms with E-state index in [9.17, 15) is 9.59 Å². The largest absolute Gasteiger partial charge is 0.467 e. The molecule has 2 aromatic heterocycles. The molecule has 0 spiro atoms. The molecular formula is C20H18BrN3O3. The molecule has 3 rings (SSSR count). The third-order valence-corrected chi connectivity index (χ3v) is 4.36. The first-order valence-corrected chi connectivity index (χ1v) is 9.14. The molecule has 2 heterocycles. The van der Waals surface area contributed by atoms with Crippen LogP contribution in [0.25, 0.3) is 0 Å². The molecule has 3 aromatic rings. The van der Waals surface area contributed by atoms with Crippen LogP contribution >= 0.6 is 15.9 Å². The fourth-order valence-corrected chi connectivity index (χ4v) is 2.93. The second-order valence-corrected chi connectivity index (χ2v) is 6.80. The molecular weight excluding hydrogens is 410 g/mol. The smallest absolute Gasteiger partial charge is 0.251 e. The predicted molar refractivity (Wildman–Crippen MR) is 104 cm³/mol. The highest BCUT2D eigenvalue weighted by molar-refractivity contribution is 9.10. The van der Waals surface area contributed by atoms with Gasteiger partial charge in [-0.1, -0.05) is 28.1 Å². The molecule has 27 heavy (non-hydrogen) atoms. The van der Waals surface area contributed by atoms with Gasteiger partial charge in [-0.15, -0.1) is 0 Å². The summed E-state index contributed by atoms with van der Waals surface area (Å²) in [5.41, 5.74) is 1.39. The van der Waals surface area contributed by atoms with Gasteiger partial charge in [0.05, 0.1) is 19.4 Å². The Kier molecular flexibility index (Phi) is 6.38. The van der Waals surface area contributed by atoms with E-state index in [2.05, 4.69) is 26.2 Å². The van der Waals surface area contributed by atoms with Gasteiger partial charge in [0, 0.05) is 29.0 Å². The highest BCUT2D eigenvalue weighted by Gasteiger charge is 2.17. The summed E-state index contributed by atoms with van der Waals surface area (Å²) in [6.45, 7) is 0.583. The summed E-state index contributed by atoms with van der Waals surface area (Å²) in [7, 11) is 0. The minimum absolute atomic E-state index is 0.105. The van der Waals surface area contributed by atoms with Gasteiger partial charge in [0.1, 0.15) is 5.76 Å². The first-order chi connectivity index (χ1) is 13.1. The van der Waals surface area contributed by atoms with E-state index in [1.807, 2.05) is 24.3 Å². The van der Waals surface area contributed by atoms with E-state index in [0.29, 0.717) is 24.4 Å². The topological polar surface area (TPSA) is 75.4 Å². The van der Waals surface area contributed by atoms with Crippen molar-refractivity contribution in [1.29, 1.82) is 0 Å². The Bertz CT molecular complexity index is 898. The highest BCUT2D eigenvalue weighted by Crippen LogP contribution is 2.12. The number of pyridine rings is 1. The maximum absolute atomic E-state index is 12.7. The fourth-order valence-electron chi connectivity index (χ4n) is 2.53. The average molecular weight is 428 g/mol. The van der Waals surface area contributed by atoms with Gasteiger partial charge in [-0.2, -0.15) is 0 Å². The number of nitrogens with zero attached hydrogens (tertiary/aromatic N) is 2. The Morgan fingerprint density at radius 3 is 2.70 bits per heavy atom. The van der Waals surface area contributed by atoms with Crippen molar-refractivity contribution in [2.45, 2.75) is 13.1 Å². The van der Waals surface area contributed by atoms with Crippen molar-refractivity contribution < 1.29 is 14.0 Å². The Labute approximate surface area is 165 Å². The van der Waals surface area contributed by atoms with Gasteiger partial charge in [-0.25, -0.2) is 0 Å². The van der Waals surface area contributed by atoms with Crippen LogP contribution in [0.4, 0.5) is 0 Å². The fraction of sp³-hybridized carbons (Fsp3) is 0.150. The van der Waals surface area contributed by atoms with Crippen molar-refractivity contribution in [3.05, 3.63) is 88.5 Å². The van der Waals surface area contributed by atoms with E-state index in [-0.39, 0.29) is 18.4 Å². The number of hydrogen-bond donors (Lipinski definition) is 1. The van der Waals surface area contributed by atoms with Crippen molar-refractivity contribution in [1.82, 2.24) is 15.2 Å². The maximum atomic E-state index is 12.7. The zero-order valence-electron chi connectivity index (χ0n) is 14.5. The molecule has 6 nitrogen and oxygen atoms in total. The minimum Gasteiger partial charge on any atom is -0.467 e. The molecule has 7 heteroatoms. The number of nitrogens with one attached hydrogen (secondary N) is 1. The van der Waals surface area contributed by atoms with Crippen LogP contribution in [-0.2, 0) is 17.9 Å². The van der Waals surface area contributed by atoms with Crippen LogP contribution in [-0.4, -0.2) is 28.2 Å². The van der Waals surface area contributed by atoms with E-state index < -0.39 is 0 Å². The zero-order chi connectivity index (χ0) is 19.1. The van der Waals surface area contributed by atoms with Crippen LogP contribution in [0.1, 0.15) is 21.7 Å². The van der Waals surface area contributed by atoms with Crippen LogP contribution in [0.15, 0.2) is 76.1 Å². The van der Waals surface area contributed by atoms with Crippen molar-refractivity contribution in [3.63, 3.8) is 0 Å². The summed E-state index contributed by atoms with van der Waals surface area (Å²) >= 11 is 3.33. The molecule has 1 aromatic carbocycles. The van der Waals surface area contributed by atoms with Crippen LogP contribution < -0.4 is 5.32 Å². The molecule has 0 aliphatic rings. The Morgan fingerprint density at radius 2 is 2.00 bits per heavy atom. The molecule has 0 fully saturated rings. The normalized spacial score (nSPS) is 10.4. The first-order valence-electron chi connectivity index (χ1n) is 8.34. The Balaban J connectivity index is 1.65. The SMILES string of the molecule is O=C(NCC(=O)N(Cc1cccnc1)Cc1ccco1)c1cccc(Br)c1. The summed E-state index contributed by atoms with van der Waals surface area (Å²) in [6, 6.07) is 14.3. The molecule has 2 amide bonds. The number of hydrogen-bond acceptors (Lipinski definition) is 4. The van der Waals surface area contributed by atoms with E-state index in [0.717, 1.165) is 10.0 Å². The zero-order valence-corrected chi connectivity index (χ0v) is 16.1. The number of furan rings is 1. The number of aromatic nitrogens is 1. The molecule has 0 unspecified atom stereocenters. The summed E-state index contributed by atoms with van der Waals surface area (Å²) in [5.74, 6) is 0.160. The average Bonchev–Trinajstić information content (AvgIpc) is 3.19. The van der Waals surface area contributed by atoms with Gasteiger partial charge in [0.2, 0.25) is 5.91 Å². The lowest BCUT2D eigenvalue weighted by molar-refractivity contribution is -0.131. The molecule has 0 atom stereocenters. The molecule has 0 radical (unpaired) electrons. The molecule has 138 valence electrons. The summed E-state index contributed by atoms with van der Waals surface area (Å²) in [6.07, 6.45) is 4.96. The summed E-state index contributed by atoms with van der Waals surface area (Å²) in [4.78, 5) is 30.7. The van der Waals surface area contributed by atoms with Gasteiger partial charge in [-0.05, 0) is 42.0 Å². The lowest BCUT2D eigenvalue weighted by Crippen LogP contribution is -2.39. The quantitative estimate of drug-likeness (QED) is 0.626. The number of carbonyl (C=O) groups is 2. The number of carbonyl (C=O) groups excluding carboxylic acids is 2. The maximum Gasteiger partial charge on any atom is 0.251 e. The highest BCUT2D eigenvalue weighted by atomic mass is 79.9. The van der Waals surface area contributed by atoms with Gasteiger partial charge in [0.25, 0.3) is 5.91 Å². The van der Waals surface area contributed by atoms with E-state index in [1.165, 1.54) is 0 Å². The van der Waals surface area contributed by atoms with Crippen molar-refractivity contribution in [2.75, 3.05) is 6.54 Å². The molecule has 0 bridgehead atoms. The monoisotopic (exact) mass is 427 g/mol. The first kappa shape index (κ1) is 18.8. The number of benzene rings is 1. The molecule has 0 saturated carbocycles. The van der Waals surface area contributed by atoms with Crippen LogP contribution in [0.2, 0.25) is 0 Å². The van der Waals surface area contributed by atoms with Crippen molar-refractivity contribution in [2.24, 2.45) is 0 Å². The van der Waals surface area contributed by atoms with E-state index in [1.54, 1.807) is 47.8 Å². The Morgan fingerprint density at radius 1 is 1.11 bits per heavy atom. The molecule has 1 N–H and O–H groups in total. The third-order valence-electron chi connectivity index (χ3n) is 3.86. The second kappa shape index (κ2) is 9.14. The number of rotatable bonds is 7. The summed E-state index contributed by atoms with van der Waals surface area (Å²) in [5, 5.41) is 2.67. The summed E-state index contributed by atoms with van der Waals surface area (Å²) < 4.78 is 6.16. The van der Waals surface area contributed by atoms with E-state index in [4.69, 9.17) is 4.42 Å². The van der Waals surface area contributed by atoms with Gasteiger partial charge in [0.15, 0.2) is 0 Å². The van der Waals surface area contributed by atoms with Crippen molar-refractivity contribution >= 4 is 27.7 Å². The molecule has 0 saturated heterocycles. The van der Waals surface area contributed by atoms with Gasteiger partial charge in [-0.3, -0.25) is 14.6 Å². The van der Waals surface area contributed by atoms with Crippen LogP contribution in [0.3, 0.4) is 0 Å². The second-order valence-electron chi connectivity index (χ2n) is 5.88. The van der Waals surface area contributed by atoms with Crippen molar-refractivity contribution in [3.8, 4) is 0 Å². The van der Waals surface area contributed by atoms with Crippen LogP contribution in [0, 0.1) is 0 Å². The number of halogens is 1. The van der Waals surface area contributed by atoms with Crippen LogP contribution in [0.5, 0.6) is 0 Å². The predicted octanol–water partition coefficient (Wildman–Crippen LogP) is 3.40.